The second-order valence-corrected chi connectivity index (χ2v) is 10.0. The lowest BCUT2D eigenvalue weighted by Crippen LogP contribution is -2.26. The van der Waals surface area contributed by atoms with Gasteiger partial charge in [-0.25, -0.2) is 0 Å². The van der Waals surface area contributed by atoms with Gasteiger partial charge in [0.05, 0.1) is 5.92 Å². The van der Waals surface area contributed by atoms with Crippen molar-refractivity contribution in [1.82, 2.24) is 4.90 Å². The first-order chi connectivity index (χ1) is 15.9. The van der Waals surface area contributed by atoms with Crippen molar-refractivity contribution in [2.75, 3.05) is 27.2 Å². The van der Waals surface area contributed by atoms with Crippen molar-refractivity contribution in [2.45, 2.75) is 136 Å². The maximum absolute atomic E-state index is 12.8. The molecule has 0 bridgehead atoms. The van der Waals surface area contributed by atoms with Crippen LogP contribution in [0.2, 0.25) is 0 Å². The molecule has 2 unspecified atom stereocenters. The molecule has 0 saturated heterocycles. The predicted molar refractivity (Wildman–Crippen MR) is 138 cm³/mol. The lowest BCUT2D eigenvalue weighted by Gasteiger charge is -2.19. The van der Waals surface area contributed by atoms with Crippen LogP contribution in [0.5, 0.6) is 0 Å². The standard InChI is InChI=1S/C28H55NO4/c1-6-8-10-12-13-15-17-21-26(20-16-14-11-9-7-2)28(31)32-24-25(3)33-27(30)22-18-19-23-29(4)5/h25-26H,6-24H2,1-5H3. The number of esters is 2. The second kappa shape index (κ2) is 22.7. The van der Waals surface area contributed by atoms with Gasteiger partial charge in [0.25, 0.3) is 0 Å². The number of hydrogen-bond donors (Lipinski definition) is 0. The Kier molecular flexibility index (Phi) is 21.9. The number of nitrogens with zero attached hydrogens (tertiary/aromatic N) is 1. The Balaban J connectivity index is 4.27. The summed E-state index contributed by atoms with van der Waals surface area (Å²) in [4.78, 5) is 26.9. The van der Waals surface area contributed by atoms with Crippen molar-refractivity contribution in [3.63, 3.8) is 0 Å². The molecule has 0 aromatic rings. The van der Waals surface area contributed by atoms with Gasteiger partial charge in [0.15, 0.2) is 0 Å². The number of rotatable bonds is 23. The van der Waals surface area contributed by atoms with Gasteiger partial charge in [0, 0.05) is 6.42 Å². The van der Waals surface area contributed by atoms with Gasteiger partial charge in [-0.15, -0.1) is 0 Å². The Labute approximate surface area is 205 Å². The SMILES string of the molecule is CCCCCCCCCC(CCCCCCC)C(=O)OCC(C)OC(=O)CCCCN(C)C. The molecule has 0 spiro atoms. The highest BCUT2D eigenvalue weighted by atomic mass is 16.6. The van der Waals surface area contributed by atoms with Crippen molar-refractivity contribution in [2.24, 2.45) is 5.92 Å². The van der Waals surface area contributed by atoms with E-state index in [2.05, 4.69) is 18.7 Å². The highest BCUT2D eigenvalue weighted by Gasteiger charge is 2.21. The first-order valence-electron chi connectivity index (χ1n) is 13.9. The lowest BCUT2D eigenvalue weighted by atomic mass is 9.94. The molecular formula is C28H55NO4. The molecule has 0 amide bonds. The molecule has 33 heavy (non-hydrogen) atoms. The summed E-state index contributed by atoms with van der Waals surface area (Å²) >= 11 is 0. The van der Waals surface area contributed by atoms with Gasteiger partial charge in [0.2, 0.25) is 0 Å². The molecule has 0 fully saturated rings. The maximum Gasteiger partial charge on any atom is 0.309 e. The van der Waals surface area contributed by atoms with E-state index in [1.54, 1.807) is 6.92 Å². The smallest absolute Gasteiger partial charge is 0.309 e. The third kappa shape index (κ3) is 21.2. The fourth-order valence-electron chi connectivity index (χ4n) is 4.05. The van der Waals surface area contributed by atoms with Gasteiger partial charge in [-0.2, -0.15) is 0 Å². The minimum atomic E-state index is -0.390. The fourth-order valence-corrected chi connectivity index (χ4v) is 4.05. The van der Waals surface area contributed by atoms with Crippen LogP contribution in [-0.2, 0) is 19.1 Å². The van der Waals surface area contributed by atoms with E-state index in [1.807, 2.05) is 14.1 Å². The van der Waals surface area contributed by atoms with E-state index in [-0.39, 0.29) is 30.6 Å². The number of unbranched alkanes of at least 4 members (excludes halogenated alkanes) is 11. The van der Waals surface area contributed by atoms with Crippen LogP contribution in [0.4, 0.5) is 0 Å². The van der Waals surface area contributed by atoms with Gasteiger partial charge >= 0.3 is 11.9 Å². The number of hydrogen-bond acceptors (Lipinski definition) is 5. The van der Waals surface area contributed by atoms with Crippen molar-refractivity contribution in [3.05, 3.63) is 0 Å². The number of carbonyl (C=O) groups is 2. The average molecular weight is 470 g/mol. The van der Waals surface area contributed by atoms with Crippen LogP contribution in [0.3, 0.4) is 0 Å². The summed E-state index contributed by atoms with van der Waals surface area (Å²) in [6.07, 6.45) is 18.5. The Morgan fingerprint density at radius 2 is 1.24 bits per heavy atom. The topological polar surface area (TPSA) is 55.8 Å². The summed E-state index contributed by atoms with van der Waals surface area (Å²) in [5.41, 5.74) is 0. The van der Waals surface area contributed by atoms with Crippen LogP contribution in [0.25, 0.3) is 0 Å². The normalized spacial score (nSPS) is 13.2. The average Bonchev–Trinajstić information content (AvgIpc) is 2.78. The summed E-state index contributed by atoms with van der Waals surface area (Å²) in [6.45, 7) is 7.40. The second-order valence-electron chi connectivity index (χ2n) is 10.0. The van der Waals surface area contributed by atoms with Crippen molar-refractivity contribution >= 4 is 11.9 Å². The highest BCUT2D eigenvalue weighted by Crippen LogP contribution is 2.21. The largest absolute Gasteiger partial charge is 0.462 e. The van der Waals surface area contributed by atoms with E-state index in [4.69, 9.17) is 9.47 Å². The Hall–Kier alpha value is -1.10. The predicted octanol–water partition coefficient (Wildman–Crippen LogP) is 7.31. The first kappa shape index (κ1) is 31.9. The summed E-state index contributed by atoms with van der Waals surface area (Å²) < 4.78 is 11.0. The monoisotopic (exact) mass is 469 g/mol. The van der Waals surface area contributed by atoms with Crippen LogP contribution in [0.1, 0.15) is 130 Å². The molecule has 196 valence electrons. The minimum Gasteiger partial charge on any atom is -0.462 e. The molecule has 0 N–H and O–H groups in total. The van der Waals surface area contributed by atoms with E-state index in [0.717, 1.165) is 45.1 Å². The van der Waals surface area contributed by atoms with Gasteiger partial charge < -0.3 is 14.4 Å². The Bertz CT molecular complexity index is 467. The van der Waals surface area contributed by atoms with E-state index in [9.17, 15) is 9.59 Å². The summed E-state index contributed by atoms with van der Waals surface area (Å²) in [7, 11) is 4.06. The third-order valence-electron chi connectivity index (χ3n) is 6.17. The van der Waals surface area contributed by atoms with Gasteiger partial charge in [0.1, 0.15) is 12.7 Å². The molecule has 0 aromatic heterocycles. The Morgan fingerprint density at radius 3 is 1.76 bits per heavy atom. The van der Waals surface area contributed by atoms with Crippen LogP contribution in [0, 0.1) is 5.92 Å². The molecular weight excluding hydrogens is 414 g/mol. The molecule has 2 atom stereocenters. The van der Waals surface area contributed by atoms with E-state index < -0.39 is 0 Å². The lowest BCUT2D eigenvalue weighted by molar-refractivity contribution is -0.160. The third-order valence-corrected chi connectivity index (χ3v) is 6.17. The van der Waals surface area contributed by atoms with Gasteiger partial charge in [-0.1, -0.05) is 90.9 Å². The molecule has 0 radical (unpaired) electrons. The molecule has 0 heterocycles. The zero-order valence-corrected chi connectivity index (χ0v) is 22.7. The minimum absolute atomic E-state index is 0.0174. The zero-order valence-electron chi connectivity index (χ0n) is 22.7. The van der Waals surface area contributed by atoms with Crippen LogP contribution in [-0.4, -0.2) is 50.2 Å². The van der Waals surface area contributed by atoms with E-state index in [0.29, 0.717) is 6.42 Å². The molecule has 0 aliphatic carbocycles. The van der Waals surface area contributed by atoms with Crippen molar-refractivity contribution in [1.29, 1.82) is 0 Å². The quantitative estimate of drug-likeness (QED) is 0.116. The Morgan fingerprint density at radius 1 is 0.727 bits per heavy atom. The summed E-state index contributed by atoms with van der Waals surface area (Å²) in [5, 5.41) is 0. The summed E-state index contributed by atoms with van der Waals surface area (Å²) in [6, 6.07) is 0. The molecule has 0 aliphatic rings. The van der Waals surface area contributed by atoms with Gasteiger partial charge in [-0.05, 0) is 53.2 Å². The number of carbonyl (C=O) groups excluding carboxylic acids is 2. The zero-order chi connectivity index (χ0) is 24.7. The molecule has 0 saturated carbocycles. The highest BCUT2D eigenvalue weighted by molar-refractivity contribution is 5.72. The molecule has 0 rings (SSSR count). The van der Waals surface area contributed by atoms with Crippen LogP contribution >= 0.6 is 0 Å². The van der Waals surface area contributed by atoms with Crippen molar-refractivity contribution < 1.29 is 19.1 Å². The molecule has 5 nitrogen and oxygen atoms in total. The first-order valence-corrected chi connectivity index (χ1v) is 13.9. The van der Waals surface area contributed by atoms with E-state index >= 15 is 0 Å². The fraction of sp³-hybridized carbons (Fsp3) is 0.929. The molecule has 0 aliphatic heterocycles. The number of ether oxygens (including phenoxy) is 2. The van der Waals surface area contributed by atoms with Gasteiger partial charge in [-0.3, -0.25) is 9.59 Å². The van der Waals surface area contributed by atoms with Crippen molar-refractivity contribution in [3.8, 4) is 0 Å². The molecule has 0 aromatic carbocycles. The van der Waals surface area contributed by atoms with Crippen LogP contribution in [0.15, 0.2) is 0 Å². The van der Waals surface area contributed by atoms with Crippen LogP contribution < -0.4 is 0 Å². The maximum atomic E-state index is 12.8. The van der Waals surface area contributed by atoms with E-state index in [1.165, 1.54) is 64.2 Å². The molecule has 5 heteroatoms. The summed E-state index contributed by atoms with van der Waals surface area (Å²) in [5.74, 6) is -0.325.